The zero-order valence-electron chi connectivity index (χ0n) is 12.3. The van der Waals surface area contributed by atoms with Crippen molar-refractivity contribution in [2.75, 3.05) is 20.3 Å². The number of ether oxygens (including phenoxy) is 2. The fourth-order valence-electron chi connectivity index (χ4n) is 2.40. The molecule has 106 valence electrons. The zero-order valence-corrected chi connectivity index (χ0v) is 12.3. The van der Waals surface area contributed by atoms with Gasteiger partial charge in [0.2, 0.25) is 0 Å². The Bertz CT molecular complexity index is 413. The number of benzene rings is 1. The van der Waals surface area contributed by atoms with E-state index in [0.717, 1.165) is 24.6 Å². The van der Waals surface area contributed by atoms with E-state index in [2.05, 4.69) is 24.4 Å². The normalized spacial score (nSPS) is 16.2. The lowest BCUT2D eigenvalue weighted by molar-refractivity contribution is 0.310. The molecule has 0 aromatic heterocycles. The fourth-order valence-corrected chi connectivity index (χ4v) is 2.40. The Labute approximate surface area is 116 Å². The molecular formula is C16H25NO2. The Morgan fingerprint density at radius 3 is 2.58 bits per heavy atom. The molecule has 1 aliphatic carbocycles. The van der Waals surface area contributed by atoms with E-state index in [1.807, 2.05) is 13.0 Å². The summed E-state index contributed by atoms with van der Waals surface area (Å²) in [5, 5.41) is 3.56. The van der Waals surface area contributed by atoms with E-state index in [1.54, 1.807) is 7.11 Å². The molecule has 0 unspecified atom stereocenters. The smallest absolute Gasteiger partial charge is 0.161 e. The topological polar surface area (TPSA) is 30.5 Å². The summed E-state index contributed by atoms with van der Waals surface area (Å²) in [5.74, 6) is 1.64. The molecule has 0 amide bonds. The van der Waals surface area contributed by atoms with Crippen LogP contribution in [0.5, 0.6) is 11.5 Å². The number of methoxy groups -OCH3 is 1. The third-order valence-corrected chi connectivity index (χ3v) is 4.06. The van der Waals surface area contributed by atoms with Crippen LogP contribution in [0, 0.1) is 5.41 Å². The predicted molar refractivity (Wildman–Crippen MR) is 77.8 cm³/mol. The molecule has 0 spiro atoms. The van der Waals surface area contributed by atoms with Crippen LogP contribution in [0.15, 0.2) is 18.2 Å². The summed E-state index contributed by atoms with van der Waals surface area (Å²) in [6.45, 7) is 6.94. The first kappa shape index (κ1) is 14.2. The monoisotopic (exact) mass is 263 g/mol. The van der Waals surface area contributed by atoms with Crippen LogP contribution < -0.4 is 14.8 Å². The zero-order chi connectivity index (χ0) is 13.7. The Morgan fingerprint density at radius 2 is 2.00 bits per heavy atom. The van der Waals surface area contributed by atoms with Gasteiger partial charge >= 0.3 is 0 Å². The fraction of sp³-hybridized carbons (Fsp3) is 0.625. The predicted octanol–water partition coefficient (Wildman–Crippen LogP) is 3.37. The highest BCUT2D eigenvalue weighted by molar-refractivity contribution is 5.42. The van der Waals surface area contributed by atoms with Crippen LogP contribution in [-0.4, -0.2) is 20.3 Å². The van der Waals surface area contributed by atoms with E-state index in [9.17, 15) is 0 Å². The van der Waals surface area contributed by atoms with Gasteiger partial charge in [-0.2, -0.15) is 0 Å². The van der Waals surface area contributed by atoms with E-state index < -0.39 is 0 Å². The Hall–Kier alpha value is -1.22. The highest BCUT2D eigenvalue weighted by Gasteiger charge is 2.39. The van der Waals surface area contributed by atoms with Crippen molar-refractivity contribution in [3.8, 4) is 11.5 Å². The van der Waals surface area contributed by atoms with Crippen molar-refractivity contribution in [2.45, 2.75) is 39.7 Å². The molecule has 0 aliphatic heterocycles. The highest BCUT2D eigenvalue weighted by atomic mass is 16.5. The van der Waals surface area contributed by atoms with E-state index in [1.165, 1.54) is 24.8 Å². The van der Waals surface area contributed by atoms with Gasteiger partial charge in [-0.25, -0.2) is 0 Å². The van der Waals surface area contributed by atoms with Gasteiger partial charge in [0.1, 0.15) is 0 Å². The first-order chi connectivity index (χ1) is 9.23. The minimum Gasteiger partial charge on any atom is -0.493 e. The third-order valence-electron chi connectivity index (χ3n) is 4.06. The summed E-state index contributed by atoms with van der Waals surface area (Å²) >= 11 is 0. The average molecular weight is 263 g/mol. The summed E-state index contributed by atoms with van der Waals surface area (Å²) in [6.07, 6.45) is 4.04. The van der Waals surface area contributed by atoms with Crippen LogP contribution in [0.3, 0.4) is 0 Å². The van der Waals surface area contributed by atoms with Crippen LogP contribution in [-0.2, 0) is 6.54 Å². The molecule has 3 heteroatoms. The van der Waals surface area contributed by atoms with E-state index >= 15 is 0 Å². The molecule has 2 rings (SSSR count). The Morgan fingerprint density at radius 1 is 1.21 bits per heavy atom. The summed E-state index contributed by atoms with van der Waals surface area (Å²) in [4.78, 5) is 0. The minimum atomic E-state index is 0.593. The lowest BCUT2D eigenvalue weighted by Gasteiger charge is -2.14. The lowest BCUT2D eigenvalue weighted by atomic mass is 10.0. The molecule has 0 radical (unpaired) electrons. The molecule has 0 heterocycles. The van der Waals surface area contributed by atoms with Crippen molar-refractivity contribution in [1.82, 2.24) is 5.32 Å². The second kappa shape index (κ2) is 6.29. The van der Waals surface area contributed by atoms with E-state index in [0.29, 0.717) is 12.0 Å². The van der Waals surface area contributed by atoms with Crippen molar-refractivity contribution >= 4 is 0 Å². The molecule has 1 fully saturated rings. The molecule has 1 saturated carbocycles. The first-order valence-corrected chi connectivity index (χ1v) is 7.23. The quantitative estimate of drug-likeness (QED) is 0.780. The largest absolute Gasteiger partial charge is 0.493 e. The van der Waals surface area contributed by atoms with Gasteiger partial charge in [-0.05, 0) is 49.3 Å². The van der Waals surface area contributed by atoms with Crippen LogP contribution in [0.2, 0.25) is 0 Å². The minimum absolute atomic E-state index is 0.593. The van der Waals surface area contributed by atoms with Crippen LogP contribution >= 0.6 is 0 Å². The van der Waals surface area contributed by atoms with E-state index in [4.69, 9.17) is 9.47 Å². The molecule has 0 saturated heterocycles. The standard InChI is InChI=1S/C16H25NO2/c1-4-16(8-9-16)12-17-11-13-6-7-14(19-5-2)15(10-13)18-3/h6-7,10,17H,4-5,8-9,11-12H2,1-3H3. The number of hydrogen-bond donors (Lipinski definition) is 1. The molecule has 1 aromatic rings. The van der Waals surface area contributed by atoms with Gasteiger partial charge in [-0.15, -0.1) is 0 Å². The van der Waals surface area contributed by atoms with Gasteiger partial charge in [-0.1, -0.05) is 13.0 Å². The SMILES string of the molecule is CCOc1ccc(CNCC2(CC)CC2)cc1OC. The Balaban J connectivity index is 1.89. The lowest BCUT2D eigenvalue weighted by Crippen LogP contribution is -2.23. The van der Waals surface area contributed by atoms with Crippen molar-refractivity contribution in [2.24, 2.45) is 5.41 Å². The van der Waals surface area contributed by atoms with Crippen molar-refractivity contribution in [1.29, 1.82) is 0 Å². The van der Waals surface area contributed by atoms with Crippen LogP contribution in [0.1, 0.15) is 38.7 Å². The van der Waals surface area contributed by atoms with Gasteiger partial charge in [0.15, 0.2) is 11.5 Å². The third kappa shape index (κ3) is 3.63. The molecular weight excluding hydrogens is 238 g/mol. The maximum atomic E-state index is 5.52. The second-order valence-electron chi connectivity index (χ2n) is 5.38. The number of nitrogens with one attached hydrogen (secondary N) is 1. The molecule has 0 atom stereocenters. The van der Waals surface area contributed by atoms with Gasteiger partial charge in [0.25, 0.3) is 0 Å². The first-order valence-electron chi connectivity index (χ1n) is 7.23. The maximum absolute atomic E-state index is 5.52. The van der Waals surface area contributed by atoms with Crippen LogP contribution in [0.4, 0.5) is 0 Å². The summed E-state index contributed by atoms with van der Waals surface area (Å²) in [5.41, 5.74) is 1.84. The van der Waals surface area contributed by atoms with Crippen molar-refractivity contribution in [3.63, 3.8) is 0 Å². The molecule has 19 heavy (non-hydrogen) atoms. The van der Waals surface area contributed by atoms with Gasteiger partial charge in [0.05, 0.1) is 13.7 Å². The second-order valence-corrected chi connectivity index (χ2v) is 5.38. The van der Waals surface area contributed by atoms with Crippen LogP contribution in [0.25, 0.3) is 0 Å². The number of hydrogen-bond acceptors (Lipinski definition) is 3. The van der Waals surface area contributed by atoms with Gasteiger partial charge in [0, 0.05) is 13.1 Å². The summed E-state index contributed by atoms with van der Waals surface area (Å²) < 4.78 is 10.9. The van der Waals surface area contributed by atoms with Crippen molar-refractivity contribution in [3.05, 3.63) is 23.8 Å². The maximum Gasteiger partial charge on any atom is 0.161 e. The van der Waals surface area contributed by atoms with Crippen molar-refractivity contribution < 1.29 is 9.47 Å². The van der Waals surface area contributed by atoms with Gasteiger partial charge in [-0.3, -0.25) is 0 Å². The molecule has 0 bridgehead atoms. The number of rotatable bonds is 8. The van der Waals surface area contributed by atoms with Gasteiger partial charge < -0.3 is 14.8 Å². The molecule has 3 nitrogen and oxygen atoms in total. The molecule has 1 aromatic carbocycles. The summed E-state index contributed by atoms with van der Waals surface area (Å²) in [6, 6.07) is 6.15. The highest BCUT2D eigenvalue weighted by Crippen LogP contribution is 2.47. The molecule has 1 N–H and O–H groups in total. The van der Waals surface area contributed by atoms with E-state index in [-0.39, 0.29) is 0 Å². The molecule has 1 aliphatic rings. The summed E-state index contributed by atoms with van der Waals surface area (Å²) in [7, 11) is 1.69. The Kier molecular flexibility index (Phi) is 4.70. The average Bonchev–Trinajstić information content (AvgIpc) is 3.21.